The fourth-order valence-electron chi connectivity index (χ4n) is 1.98. The van der Waals surface area contributed by atoms with Crippen molar-refractivity contribution < 1.29 is 9.53 Å². The fraction of sp³-hybridized carbons (Fsp3) is 0.462. The highest BCUT2D eigenvalue weighted by Gasteiger charge is 2.16. The Balaban J connectivity index is 1.93. The van der Waals surface area contributed by atoms with Gasteiger partial charge in [0, 0.05) is 11.6 Å². The van der Waals surface area contributed by atoms with Gasteiger partial charge >= 0.3 is 0 Å². The Morgan fingerprint density at radius 1 is 1.29 bits per heavy atom. The lowest BCUT2D eigenvalue weighted by molar-refractivity contribution is 0.0929. The lowest BCUT2D eigenvalue weighted by atomic mass is 10.1. The molecule has 1 aromatic carbocycles. The number of rotatable bonds is 3. The van der Waals surface area contributed by atoms with Crippen molar-refractivity contribution in [1.29, 1.82) is 0 Å². The summed E-state index contributed by atoms with van der Waals surface area (Å²) in [4.78, 5) is 11.9. The van der Waals surface area contributed by atoms with Gasteiger partial charge in [-0.2, -0.15) is 0 Å². The van der Waals surface area contributed by atoms with Crippen LogP contribution in [0.25, 0.3) is 0 Å². The smallest absolute Gasteiger partial charge is 0.251 e. The second-order valence-corrected chi connectivity index (χ2v) is 4.23. The average molecular weight is 234 g/mol. The number of benzene rings is 1. The molecule has 0 atom stereocenters. The lowest BCUT2D eigenvalue weighted by Gasteiger charge is -2.23. The summed E-state index contributed by atoms with van der Waals surface area (Å²) in [5, 5.41) is 6.33. The number of nitrogens with one attached hydrogen (secondary N) is 2. The maximum absolute atomic E-state index is 11.9. The molecule has 0 aliphatic carbocycles. The first-order valence-electron chi connectivity index (χ1n) is 5.95. The average Bonchev–Trinajstić information content (AvgIpc) is 2.40. The van der Waals surface area contributed by atoms with Gasteiger partial charge in [0.25, 0.3) is 5.91 Å². The monoisotopic (exact) mass is 234 g/mol. The van der Waals surface area contributed by atoms with Crippen LogP contribution in [0.1, 0.15) is 23.2 Å². The summed E-state index contributed by atoms with van der Waals surface area (Å²) in [6, 6.07) is 7.48. The Bertz CT molecular complexity index is 370. The normalized spacial score (nSPS) is 16.5. The molecule has 1 fully saturated rings. The van der Waals surface area contributed by atoms with E-state index in [1.54, 1.807) is 31.4 Å². The van der Waals surface area contributed by atoms with E-state index in [4.69, 9.17) is 4.74 Å². The summed E-state index contributed by atoms with van der Waals surface area (Å²) in [6.45, 7) is 1.96. The highest BCUT2D eigenvalue weighted by atomic mass is 16.5. The Labute approximate surface area is 101 Å². The van der Waals surface area contributed by atoms with Crippen molar-refractivity contribution >= 4 is 5.91 Å². The molecule has 1 aliphatic heterocycles. The third kappa shape index (κ3) is 3.20. The summed E-state index contributed by atoms with van der Waals surface area (Å²) in [6.07, 6.45) is 2.00. The molecule has 2 rings (SSSR count). The van der Waals surface area contributed by atoms with Crippen molar-refractivity contribution in [3.05, 3.63) is 29.8 Å². The summed E-state index contributed by atoms with van der Waals surface area (Å²) in [5.74, 6) is 0.767. The van der Waals surface area contributed by atoms with E-state index >= 15 is 0 Å². The van der Waals surface area contributed by atoms with Crippen LogP contribution >= 0.6 is 0 Å². The number of hydrogen-bond acceptors (Lipinski definition) is 3. The van der Waals surface area contributed by atoms with Crippen LogP contribution in [0.3, 0.4) is 0 Å². The quantitative estimate of drug-likeness (QED) is 0.825. The van der Waals surface area contributed by atoms with Gasteiger partial charge in [-0.15, -0.1) is 0 Å². The van der Waals surface area contributed by atoms with Crippen LogP contribution in [0.4, 0.5) is 0 Å². The summed E-state index contributed by atoms with van der Waals surface area (Å²) in [7, 11) is 1.62. The summed E-state index contributed by atoms with van der Waals surface area (Å²) in [5.41, 5.74) is 0.685. The van der Waals surface area contributed by atoms with Gasteiger partial charge in [-0.3, -0.25) is 4.79 Å². The van der Waals surface area contributed by atoms with E-state index in [-0.39, 0.29) is 5.91 Å². The van der Waals surface area contributed by atoms with Crippen LogP contribution in [0.2, 0.25) is 0 Å². The van der Waals surface area contributed by atoms with Crippen molar-refractivity contribution in [3.8, 4) is 5.75 Å². The van der Waals surface area contributed by atoms with Gasteiger partial charge < -0.3 is 15.4 Å². The molecule has 0 radical (unpaired) electrons. The molecule has 4 nitrogen and oxygen atoms in total. The first kappa shape index (κ1) is 11.9. The van der Waals surface area contributed by atoms with Crippen LogP contribution in [0.15, 0.2) is 24.3 Å². The molecule has 2 N–H and O–H groups in total. The first-order chi connectivity index (χ1) is 8.29. The molecule has 1 aromatic rings. The fourth-order valence-corrected chi connectivity index (χ4v) is 1.98. The predicted molar refractivity (Wildman–Crippen MR) is 66.4 cm³/mol. The maximum atomic E-state index is 11.9. The number of methoxy groups -OCH3 is 1. The van der Waals surface area contributed by atoms with Gasteiger partial charge in [0.05, 0.1) is 7.11 Å². The number of amides is 1. The van der Waals surface area contributed by atoms with Crippen molar-refractivity contribution in [3.63, 3.8) is 0 Å². The highest BCUT2D eigenvalue weighted by Crippen LogP contribution is 2.12. The van der Waals surface area contributed by atoms with Crippen molar-refractivity contribution in [2.24, 2.45) is 0 Å². The van der Waals surface area contributed by atoms with Crippen molar-refractivity contribution in [1.82, 2.24) is 10.6 Å². The van der Waals surface area contributed by atoms with Crippen molar-refractivity contribution in [2.75, 3.05) is 20.2 Å². The molecule has 0 bridgehead atoms. The molecule has 0 spiro atoms. The van der Waals surface area contributed by atoms with Crippen LogP contribution in [-0.2, 0) is 0 Å². The summed E-state index contributed by atoms with van der Waals surface area (Å²) < 4.78 is 5.06. The van der Waals surface area contributed by atoms with E-state index < -0.39 is 0 Å². The molecular formula is C13H18N2O2. The van der Waals surface area contributed by atoms with Gasteiger partial charge in [-0.1, -0.05) is 0 Å². The van der Waals surface area contributed by atoms with Gasteiger partial charge in [-0.25, -0.2) is 0 Å². The molecule has 4 heteroatoms. The van der Waals surface area contributed by atoms with E-state index in [9.17, 15) is 4.79 Å². The number of hydrogen-bond donors (Lipinski definition) is 2. The zero-order chi connectivity index (χ0) is 12.1. The van der Waals surface area contributed by atoms with Gasteiger partial charge in [0.15, 0.2) is 0 Å². The molecule has 17 heavy (non-hydrogen) atoms. The van der Waals surface area contributed by atoms with Gasteiger partial charge in [-0.05, 0) is 50.2 Å². The van der Waals surface area contributed by atoms with Gasteiger partial charge in [0.1, 0.15) is 5.75 Å². The molecule has 1 saturated heterocycles. The Hall–Kier alpha value is -1.55. The minimum atomic E-state index is -0.000414. The third-order valence-electron chi connectivity index (χ3n) is 3.03. The van der Waals surface area contributed by atoms with Gasteiger partial charge in [0.2, 0.25) is 0 Å². The standard InChI is InChI=1S/C13H18N2O2/c1-17-12-4-2-10(3-5-12)13(16)15-11-6-8-14-9-7-11/h2-5,11,14H,6-9H2,1H3,(H,15,16). The molecule has 1 heterocycles. The molecule has 0 saturated carbocycles. The molecule has 0 aromatic heterocycles. The zero-order valence-corrected chi connectivity index (χ0v) is 10.0. The zero-order valence-electron chi connectivity index (χ0n) is 10.0. The topological polar surface area (TPSA) is 50.4 Å². The van der Waals surface area contributed by atoms with E-state index in [0.717, 1.165) is 31.7 Å². The Morgan fingerprint density at radius 2 is 1.94 bits per heavy atom. The molecule has 1 amide bonds. The predicted octanol–water partition coefficient (Wildman–Crippen LogP) is 1.18. The molecule has 0 unspecified atom stereocenters. The van der Waals surface area contributed by atoms with E-state index in [2.05, 4.69) is 10.6 Å². The second kappa shape index (κ2) is 5.68. The minimum Gasteiger partial charge on any atom is -0.497 e. The van der Waals surface area contributed by atoms with Crippen LogP contribution < -0.4 is 15.4 Å². The number of ether oxygens (including phenoxy) is 1. The second-order valence-electron chi connectivity index (χ2n) is 4.23. The third-order valence-corrected chi connectivity index (χ3v) is 3.03. The molecule has 1 aliphatic rings. The SMILES string of the molecule is COc1ccc(C(=O)NC2CCNCC2)cc1. The number of carbonyl (C=O) groups is 1. The first-order valence-corrected chi connectivity index (χ1v) is 5.95. The largest absolute Gasteiger partial charge is 0.497 e. The van der Waals surface area contributed by atoms with Crippen LogP contribution in [-0.4, -0.2) is 32.1 Å². The summed E-state index contributed by atoms with van der Waals surface area (Å²) >= 11 is 0. The Kier molecular flexibility index (Phi) is 3.98. The maximum Gasteiger partial charge on any atom is 0.251 e. The van der Waals surface area contributed by atoms with E-state index in [1.165, 1.54) is 0 Å². The molecular weight excluding hydrogens is 216 g/mol. The van der Waals surface area contributed by atoms with Crippen LogP contribution in [0, 0.1) is 0 Å². The van der Waals surface area contributed by atoms with E-state index in [0.29, 0.717) is 11.6 Å². The molecule has 92 valence electrons. The minimum absolute atomic E-state index is 0.000414. The van der Waals surface area contributed by atoms with E-state index in [1.807, 2.05) is 0 Å². The lowest BCUT2D eigenvalue weighted by Crippen LogP contribution is -2.42. The highest BCUT2D eigenvalue weighted by molar-refractivity contribution is 5.94. The Morgan fingerprint density at radius 3 is 2.53 bits per heavy atom. The van der Waals surface area contributed by atoms with Crippen LogP contribution in [0.5, 0.6) is 5.75 Å². The van der Waals surface area contributed by atoms with Crippen molar-refractivity contribution in [2.45, 2.75) is 18.9 Å². The number of piperidine rings is 1. The number of carbonyl (C=O) groups excluding carboxylic acids is 1.